The first-order chi connectivity index (χ1) is 15.1. The average Bonchev–Trinajstić information content (AvgIpc) is 2.83. The molecule has 0 N–H and O–H groups in total. The van der Waals surface area contributed by atoms with Crippen molar-refractivity contribution in [2.24, 2.45) is 0 Å². The molecule has 1 fully saturated rings. The second kappa shape index (κ2) is 9.66. The van der Waals surface area contributed by atoms with E-state index in [1.165, 1.54) is 0 Å². The zero-order valence-electron chi connectivity index (χ0n) is 17.2. The number of rotatable bonds is 6. The Kier molecular flexibility index (Phi) is 6.52. The molecule has 0 bridgehead atoms. The van der Waals surface area contributed by atoms with E-state index in [4.69, 9.17) is 21.1 Å². The van der Waals surface area contributed by atoms with Crippen molar-refractivity contribution in [2.75, 3.05) is 44.8 Å². The predicted molar refractivity (Wildman–Crippen MR) is 120 cm³/mol. The second-order valence-corrected chi connectivity index (χ2v) is 7.53. The van der Waals surface area contributed by atoms with Gasteiger partial charge in [-0.2, -0.15) is 0 Å². The number of carbonyl (C=O) groups is 1. The lowest BCUT2D eigenvalue weighted by Gasteiger charge is -2.35. The molecule has 0 aliphatic carbocycles. The van der Waals surface area contributed by atoms with Gasteiger partial charge < -0.3 is 19.3 Å². The van der Waals surface area contributed by atoms with Crippen molar-refractivity contribution in [3.05, 3.63) is 65.7 Å². The normalized spacial score (nSPS) is 13.7. The van der Waals surface area contributed by atoms with Gasteiger partial charge in [0.05, 0.1) is 12.8 Å². The summed E-state index contributed by atoms with van der Waals surface area (Å²) in [4.78, 5) is 16.5. The first-order valence-electron chi connectivity index (χ1n) is 10.0. The fourth-order valence-corrected chi connectivity index (χ4v) is 3.55. The second-order valence-electron chi connectivity index (χ2n) is 7.09. The van der Waals surface area contributed by atoms with Crippen LogP contribution in [-0.2, 0) is 4.79 Å². The molecule has 7 nitrogen and oxygen atoms in total. The van der Waals surface area contributed by atoms with Gasteiger partial charge in [0.25, 0.3) is 5.91 Å². The van der Waals surface area contributed by atoms with Crippen LogP contribution in [0.25, 0.3) is 11.3 Å². The Bertz CT molecular complexity index is 1020. The summed E-state index contributed by atoms with van der Waals surface area (Å²) in [6, 6.07) is 18.7. The van der Waals surface area contributed by atoms with Gasteiger partial charge in [0.1, 0.15) is 0 Å². The van der Waals surface area contributed by atoms with Gasteiger partial charge in [0.15, 0.2) is 23.9 Å². The molecular weight excluding hydrogens is 416 g/mol. The number of carbonyl (C=O) groups excluding carboxylic acids is 1. The Morgan fingerprint density at radius 3 is 2.29 bits per heavy atom. The Hall–Kier alpha value is -3.32. The summed E-state index contributed by atoms with van der Waals surface area (Å²) in [5.41, 5.74) is 1.76. The molecule has 1 aliphatic heterocycles. The molecule has 4 rings (SSSR count). The summed E-state index contributed by atoms with van der Waals surface area (Å²) in [7, 11) is 1.58. The lowest BCUT2D eigenvalue weighted by Crippen LogP contribution is -2.50. The van der Waals surface area contributed by atoms with Crippen LogP contribution < -0.4 is 14.4 Å². The van der Waals surface area contributed by atoms with E-state index in [0.29, 0.717) is 42.7 Å². The lowest BCUT2D eigenvalue weighted by atomic mass is 10.1. The average molecular weight is 439 g/mol. The number of hydrogen-bond acceptors (Lipinski definition) is 6. The maximum atomic E-state index is 12.5. The minimum Gasteiger partial charge on any atom is -0.493 e. The number of aromatic nitrogens is 2. The number of hydrogen-bond donors (Lipinski definition) is 0. The van der Waals surface area contributed by atoms with Gasteiger partial charge in [-0.05, 0) is 36.4 Å². The van der Waals surface area contributed by atoms with Crippen molar-refractivity contribution in [1.82, 2.24) is 15.1 Å². The van der Waals surface area contributed by atoms with Gasteiger partial charge in [-0.15, -0.1) is 10.2 Å². The molecule has 3 aromatic rings. The molecular formula is C23H23ClN4O3. The predicted octanol–water partition coefficient (Wildman–Crippen LogP) is 3.53. The Morgan fingerprint density at radius 2 is 1.65 bits per heavy atom. The molecule has 8 heteroatoms. The first kappa shape index (κ1) is 20.9. The maximum absolute atomic E-state index is 12.5. The number of ether oxygens (including phenoxy) is 2. The number of benzene rings is 2. The van der Waals surface area contributed by atoms with Crippen LogP contribution in [0, 0.1) is 0 Å². The smallest absolute Gasteiger partial charge is 0.260 e. The van der Waals surface area contributed by atoms with Crippen molar-refractivity contribution in [3.63, 3.8) is 0 Å². The first-order valence-corrected chi connectivity index (χ1v) is 10.4. The summed E-state index contributed by atoms with van der Waals surface area (Å²) in [6.45, 7) is 2.57. The van der Waals surface area contributed by atoms with Crippen LogP contribution in [-0.4, -0.2) is 60.9 Å². The topological polar surface area (TPSA) is 67.8 Å². The molecule has 1 aliphatic rings. The minimum atomic E-state index is -0.0465. The SMILES string of the molecule is COc1ccccc1OCC(=O)N1CCN(c2ccc(-c3ccc(Cl)cc3)nn2)CC1. The van der Waals surface area contributed by atoms with Crippen molar-refractivity contribution in [1.29, 1.82) is 0 Å². The van der Waals surface area contributed by atoms with Gasteiger partial charge in [0.2, 0.25) is 0 Å². The molecule has 160 valence electrons. The van der Waals surface area contributed by atoms with Crippen LogP contribution in [0.2, 0.25) is 5.02 Å². The number of para-hydroxylation sites is 2. The van der Waals surface area contributed by atoms with Gasteiger partial charge in [0, 0.05) is 36.8 Å². The highest BCUT2D eigenvalue weighted by Crippen LogP contribution is 2.26. The van der Waals surface area contributed by atoms with E-state index in [1.807, 2.05) is 48.5 Å². The summed E-state index contributed by atoms with van der Waals surface area (Å²) in [6.07, 6.45) is 0. The van der Waals surface area contributed by atoms with Gasteiger partial charge >= 0.3 is 0 Å². The van der Waals surface area contributed by atoms with Gasteiger partial charge in [-0.1, -0.05) is 35.9 Å². The van der Waals surface area contributed by atoms with Crippen molar-refractivity contribution in [2.45, 2.75) is 0 Å². The quantitative estimate of drug-likeness (QED) is 0.586. The molecule has 1 saturated heterocycles. The molecule has 1 amide bonds. The number of piperazine rings is 1. The highest BCUT2D eigenvalue weighted by Gasteiger charge is 2.22. The molecule has 0 spiro atoms. The monoisotopic (exact) mass is 438 g/mol. The van der Waals surface area contributed by atoms with Crippen LogP contribution in [0.5, 0.6) is 11.5 Å². The molecule has 0 atom stereocenters. The molecule has 2 aromatic carbocycles. The van der Waals surface area contributed by atoms with Gasteiger partial charge in [-0.3, -0.25) is 4.79 Å². The van der Waals surface area contributed by atoms with Crippen LogP contribution in [0.1, 0.15) is 0 Å². The van der Waals surface area contributed by atoms with E-state index in [-0.39, 0.29) is 12.5 Å². The third-order valence-corrected chi connectivity index (χ3v) is 5.42. The third kappa shape index (κ3) is 5.06. The van der Waals surface area contributed by atoms with Crippen LogP contribution in [0.3, 0.4) is 0 Å². The standard InChI is InChI=1S/C23H23ClN4O3/c1-30-20-4-2-3-5-21(20)31-16-23(29)28-14-12-27(13-15-28)22-11-10-19(25-26-22)17-6-8-18(24)9-7-17/h2-11H,12-16H2,1H3. The highest BCUT2D eigenvalue weighted by atomic mass is 35.5. The van der Waals surface area contributed by atoms with Crippen molar-refractivity contribution < 1.29 is 14.3 Å². The summed E-state index contributed by atoms with van der Waals surface area (Å²) in [5, 5.41) is 9.40. The fraction of sp³-hybridized carbons (Fsp3) is 0.261. The summed E-state index contributed by atoms with van der Waals surface area (Å²) >= 11 is 5.94. The lowest BCUT2D eigenvalue weighted by molar-refractivity contribution is -0.133. The number of halogens is 1. The zero-order valence-corrected chi connectivity index (χ0v) is 18.0. The molecule has 1 aromatic heterocycles. The van der Waals surface area contributed by atoms with Crippen LogP contribution in [0.4, 0.5) is 5.82 Å². The van der Waals surface area contributed by atoms with E-state index in [0.717, 1.165) is 17.1 Å². The Balaban J connectivity index is 1.30. The van der Waals surface area contributed by atoms with E-state index >= 15 is 0 Å². The van der Waals surface area contributed by atoms with Crippen LogP contribution >= 0.6 is 11.6 Å². The molecule has 0 unspecified atom stereocenters. The Labute approximate surface area is 186 Å². The minimum absolute atomic E-state index is 0.0179. The van der Waals surface area contributed by atoms with Crippen molar-refractivity contribution in [3.8, 4) is 22.8 Å². The third-order valence-electron chi connectivity index (χ3n) is 5.17. The molecule has 2 heterocycles. The van der Waals surface area contributed by atoms with Gasteiger partial charge in [-0.25, -0.2) is 0 Å². The van der Waals surface area contributed by atoms with E-state index in [9.17, 15) is 4.79 Å². The molecule has 0 saturated carbocycles. The molecule has 31 heavy (non-hydrogen) atoms. The highest BCUT2D eigenvalue weighted by molar-refractivity contribution is 6.30. The number of amides is 1. The van der Waals surface area contributed by atoms with Crippen molar-refractivity contribution >= 4 is 23.3 Å². The maximum Gasteiger partial charge on any atom is 0.260 e. The Morgan fingerprint density at radius 1 is 0.935 bits per heavy atom. The van der Waals surface area contributed by atoms with E-state index in [1.54, 1.807) is 24.1 Å². The zero-order chi connectivity index (χ0) is 21.6. The summed E-state index contributed by atoms with van der Waals surface area (Å²) in [5.74, 6) is 1.93. The number of anilines is 1. The largest absolute Gasteiger partial charge is 0.493 e. The van der Waals surface area contributed by atoms with E-state index < -0.39 is 0 Å². The fourth-order valence-electron chi connectivity index (χ4n) is 3.42. The molecule has 0 radical (unpaired) electrons. The number of methoxy groups -OCH3 is 1. The summed E-state index contributed by atoms with van der Waals surface area (Å²) < 4.78 is 10.9. The van der Waals surface area contributed by atoms with Crippen LogP contribution in [0.15, 0.2) is 60.7 Å². The van der Waals surface area contributed by atoms with E-state index in [2.05, 4.69) is 15.1 Å². The number of nitrogens with zero attached hydrogens (tertiary/aromatic N) is 4.